The monoisotopic (exact) mass is 265 g/mol. The Hall–Kier alpha value is -0.960. The molecule has 0 N–H and O–H groups in total. The van der Waals surface area contributed by atoms with Gasteiger partial charge in [-0.05, 0) is 44.5 Å². The molecular weight excluding hydrogens is 242 g/mol. The van der Waals surface area contributed by atoms with Crippen molar-refractivity contribution in [2.75, 3.05) is 6.54 Å². The van der Waals surface area contributed by atoms with Crippen LogP contribution < -0.4 is 0 Å². The normalized spacial score (nSPS) is 10.7. The first kappa shape index (κ1) is 15.1. The summed E-state index contributed by atoms with van der Waals surface area (Å²) in [7, 11) is 0. The van der Waals surface area contributed by atoms with Crippen molar-refractivity contribution in [1.82, 2.24) is 4.90 Å². The van der Waals surface area contributed by atoms with E-state index in [1.54, 1.807) is 0 Å². The van der Waals surface area contributed by atoms with Gasteiger partial charge in [-0.2, -0.15) is 0 Å². The average molecular weight is 265 g/mol. The molecule has 100 valence electrons. The average Bonchev–Trinajstić information content (AvgIpc) is 2.34. The van der Waals surface area contributed by atoms with Gasteiger partial charge < -0.3 is 4.90 Å². The van der Waals surface area contributed by atoms with Crippen LogP contribution >= 0.6 is 12.6 Å². The van der Waals surface area contributed by atoms with Crippen molar-refractivity contribution in [3.8, 4) is 0 Å². The summed E-state index contributed by atoms with van der Waals surface area (Å²) in [5.41, 5.74) is 0.748. The summed E-state index contributed by atoms with van der Waals surface area (Å²) in [6, 6.07) is 7.66. The molecular formula is C15H23NOS. The number of hydrogen-bond acceptors (Lipinski definition) is 2. The third-order valence-corrected chi connectivity index (χ3v) is 3.30. The molecule has 0 atom stereocenters. The van der Waals surface area contributed by atoms with Gasteiger partial charge in [0.2, 0.25) is 0 Å². The fourth-order valence-electron chi connectivity index (χ4n) is 1.90. The topological polar surface area (TPSA) is 20.3 Å². The molecule has 0 radical (unpaired) electrons. The molecule has 0 bridgehead atoms. The van der Waals surface area contributed by atoms with Crippen molar-refractivity contribution < 1.29 is 4.79 Å². The summed E-state index contributed by atoms with van der Waals surface area (Å²) < 4.78 is 0. The molecule has 1 rings (SSSR count). The number of carbonyl (C=O) groups excluding carboxylic acids is 1. The third-order valence-electron chi connectivity index (χ3n) is 3.00. The summed E-state index contributed by atoms with van der Waals surface area (Å²) >= 11 is 4.24. The maximum atomic E-state index is 12.4. The van der Waals surface area contributed by atoms with E-state index in [2.05, 4.69) is 33.4 Å². The number of unbranched alkanes of at least 4 members (excludes halogenated alkanes) is 2. The highest BCUT2D eigenvalue weighted by molar-refractivity contribution is 7.80. The highest BCUT2D eigenvalue weighted by atomic mass is 32.1. The van der Waals surface area contributed by atoms with Crippen LogP contribution in [0.15, 0.2) is 29.2 Å². The smallest absolute Gasteiger partial charge is 0.254 e. The second-order valence-electron chi connectivity index (χ2n) is 4.85. The largest absolute Gasteiger partial charge is 0.336 e. The maximum absolute atomic E-state index is 12.4. The maximum Gasteiger partial charge on any atom is 0.254 e. The van der Waals surface area contributed by atoms with Crippen molar-refractivity contribution in [1.29, 1.82) is 0 Å². The van der Waals surface area contributed by atoms with E-state index in [-0.39, 0.29) is 11.9 Å². The van der Waals surface area contributed by atoms with Gasteiger partial charge in [-0.3, -0.25) is 4.79 Å². The minimum atomic E-state index is 0.120. The lowest BCUT2D eigenvalue weighted by Gasteiger charge is -2.27. The van der Waals surface area contributed by atoms with Crippen LogP contribution in [0, 0.1) is 0 Å². The summed E-state index contributed by atoms with van der Waals surface area (Å²) in [6.45, 7) is 7.15. The predicted molar refractivity (Wildman–Crippen MR) is 79.4 cm³/mol. The van der Waals surface area contributed by atoms with E-state index >= 15 is 0 Å². The second kappa shape index (κ2) is 7.47. The van der Waals surface area contributed by atoms with Gasteiger partial charge in [0.15, 0.2) is 0 Å². The Balaban J connectivity index is 2.73. The molecule has 0 aliphatic rings. The molecule has 0 aliphatic carbocycles. The number of amides is 1. The Kier molecular flexibility index (Phi) is 6.27. The van der Waals surface area contributed by atoms with Gasteiger partial charge in [0.1, 0.15) is 0 Å². The fraction of sp³-hybridized carbons (Fsp3) is 0.533. The zero-order valence-electron chi connectivity index (χ0n) is 11.5. The molecule has 0 aliphatic heterocycles. The van der Waals surface area contributed by atoms with Gasteiger partial charge in [-0.15, -0.1) is 12.6 Å². The highest BCUT2D eigenvalue weighted by Gasteiger charge is 2.17. The van der Waals surface area contributed by atoms with Gasteiger partial charge in [0.25, 0.3) is 5.91 Å². The quantitative estimate of drug-likeness (QED) is 0.608. The molecule has 0 saturated heterocycles. The van der Waals surface area contributed by atoms with Gasteiger partial charge in [0, 0.05) is 23.0 Å². The van der Waals surface area contributed by atoms with Crippen LogP contribution in [-0.4, -0.2) is 23.4 Å². The second-order valence-corrected chi connectivity index (χ2v) is 5.36. The zero-order valence-corrected chi connectivity index (χ0v) is 12.4. The molecule has 0 saturated carbocycles. The first-order valence-electron chi connectivity index (χ1n) is 6.66. The van der Waals surface area contributed by atoms with E-state index in [9.17, 15) is 4.79 Å². The van der Waals surface area contributed by atoms with Gasteiger partial charge in [0.05, 0.1) is 0 Å². The van der Waals surface area contributed by atoms with Crippen molar-refractivity contribution in [3.63, 3.8) is 0 Å². The molecule has 0 heterocycles. The molecule has 2 nitrogen and oxygen atoms in total. The number of nitrogens with zero attached hydrogens (tertiary/aromatic N) is 1. The van der Waals surface area contributed by atoms with E-state index < -0.39 is 0 Å². The van der Waals surface area contributed by atoms with Crippen molar-refractivity contribution in [2.45, 2.75) is 51.0 Å². The van der Waals surface area contributed by atoms with E-state index in [1.807, 2.05) is 29.2 Å². The van der Waals surface area contributed by atoms with Crippen LogP contribution in [0.25, 0.3) is 0 Å². The van der Waals surface area contributed by atoms with E-state index in [1.165, 1.54) is 12.8 Å². The number of benzene rings is 1. The van der Waals surface area contributed by atoms with Crippen LogP contribution in [-0.2, 0) is 0 Å². The van der Waals surface area contributed by atoms with Crippen molar-refractivity contribution in [3.05, 3.63) is 29.8 Å². The Labute approximate surface area is 116 Å². The lowest BCUT2D eigenvalue weighted by atomic mass is 10.1. The standard InChI is InChI=1S/C15H23NOS/c1-4-5-6-11-16(12(2)3)15(17)13-7-9-14(18)10-8-13/h7-10,12,18H,4-6,11H2,1-3H3. The number of hydrogen-bond donors (Lipinski definition) is 1. The van der Waals surface area contributed by atoms with Crippen LogP contribution in [0.3, 0.4) is 0 Å². The zero-order chi connectivity index (χ0) is 13.5. The highest BCUT2D eigenvalue weighted by Crippen LogP contribution is 2.13. The van der Waals surface area contributed by atoms with Crippen LogP contribution in [0.1, 0.15) is 50.4 Å². The summed E-state index contributed by atoms with van der Waals surface area (Å²) in [4.78, 5) is 15.2. The number of thiol groups is 1. The molecule has 0 aromatic heterocycles. The summed E-state index contributed by atoms with van der Waals surface area (Å²) in [5.74, 6) is 0.120. The van der Waals surface area contributed by atoms with Crippen LogP contribution in [0.2, 0.25) is 0 Å². The Morgan fingerprint density at radius 3 is 2.33 bits per heavy atom. The van der Waals surface area contributed by atoms with Crippen molar-refractivity contribution >= 4 is 18.5 Å². The van der Waals surface area contributed by atoms with Gasteiger partial charge in [-0.25, -0.2) is 0 Å². The Morgan fingerprint density at radius 2 is 1.83 bits per heavy atom. The fourth-order valence-corrected chi connectivity index (χ4v) is 2.05. The summed E-state index contributed by atoms with van der Waals surface area (Å²) in [5, 5.41) is 0. The molecule has 3 heteroatoms. The summed E-state index contributed by atoms with van der Waals surface area (Å²) in [6.07, 6.45) is 3.42. The minimum Gasteiger partial charge on any atom is -0.336 e. The molecule has 18 heavy (non-hydrogen) atoms. The third kappa shape index (κ3) is 4.37. The predicted octanol–water partition coefficient (Wildman–Crippen LogP) is 4.02. The molecule has 0 fully saturated rings. The van der Waals surface area contributed by atoms with E-state index in [0.29, 0.717) is 0 Å². The van der Waals surface area contributed by atoms with Gasteiger partial charge >= 0.3 is 0 Å². The molecule has 1 amide bonds. The Morgan fingerprint density at radius 1 is 1.22 bits per heavy atom. The molecule has 1 aromatic carbocycles. The Bertz CT molecular complexity index is 373. The lowest BCUT2D eigenvalue weighted by Crippen LogP contribution is -2.37. The lowest BCUT2D eigenvalue weighted by molar-refractivity contribution is 0.0702. The number of carbonyl (C=O) groups is 1. The van der Waals surface area contributed by atoms with E-state index in [0.717, 1.165) is 23.4 Å². The SMILES string of the molecule is CCCCCN(C(=O)c1ccc(S)cc1)C(C)C. The first-order chi connectivity index (χ1) is 8.56. The van der Waals surface area contributed by atoms with Crippen LogP contribution in [0.5, 0.6) is 0 Å². The van der Waals surface area contributed by atoms with E-state index in [4.69, 9.17) is 0 Å². The van der Waals surface area contributed by atoms with Crippen LogP contribution in [0.4, 0.5) is 0 Å². The minimum absolute atomic E-state index is 0.120. The molecule has 0 unspecified atom stereocenters. The van der Waals surface area contributed by atoms with Crippen molar-refractivity contribution in [2.24, 2.45) is 0 Å². The van der Waals surface area contributed by atoms with Gasteiger partial charge in [-0.1, -0.05) is 19.8 Å². The number of rotatable bonds is 6. The molecule has 1 aromatic rings. The first-order valence-corrected chi connectivity index (χ1v) is 7.11. The molecule has 0 spiro atoms.